The van der Waals surface area contributed by atoms with Gasteiger partial charge in [0, 0.05) is 13.1 Å². The molecule has 0 aromatic heterocycles. The predicted octanol–water partition coefficient (Wildman–Crippen LogP) is 0.149. The van der Waals surface area contributed by atoms with Gasteiger partial charge in [0.05, 0.1) is 0 Å². The van der Waals surface area contributed by atoms with Crippen molar-refractivity contribution in [2.45, 2.75) is 12.8 Å². The lowest BCUT2D eigenvalue weighted by Gasteiger charge is -1.98. The standard InChI is InChI=1S/C6H15N2/c1-2-3-5-8-6-4-7/h8H,1-7H2. The van der Waals surface area contributed by atoms with Crippen LogP contribution >= 0.6 is 0 Å². The van der Waals surface area contributed by atoms with E-state index in [4.69, 9.17) is 5.73 Å². The highest BCUT2D eigenvalue weighted by molar-refractivity contribution is 4.48. The third-order valence-electron chi connectivity index (χ3n) is 0.925. The molecular weight excluding hydrogens is 100 g/mol. The van der Waals surface area contributed by atoms with Crippen LogP contribution in [0.3, 0.4) is 0 Å². The number of nitrogens with one attached hydrogen (secondary N) is 1. The summed E-state index contributed by atoms with van der Waals surface area (Å²) < 4.78 is 0. The van der Waals surface area contributed by atoms with E-state index in [1.807, 2.05) is 0 Å². The molecule has 0 atom stereocenters. The van der Waals surface area contributed by atoms with Crippen molar-refractivity contribution < 1.29 is 0 Å². The molecule has 2 heteroatoms. The third kappa shape index (κ3) is 5.92. The van der Waals surface area contributed by atoms with Crippen LogP contribution in [0.25, 0.3) is 0 Å². The summed E-state index contributed by atoms with van der Waals surface area (Å²) in [5.74, 6) is 0. The summed E-state index contributed by atoms with van der Waals surface area (Å²) in [6.07, 6.45) is 2.16. The minimum atomic E-state index is 0.733. The Morgan fingerprint density at radius 1 is 1.38 bits per heavy atom. The second kappa shape index (κ2) is 6.92. The summed E-state index contributed by atoms with van der Waals surface area (Å²) in [6, 6.07) is 0. The third-order valence-corrected chi connectivity index (χ3v) is 0.925. The van der Waals surface area contributed by atoms with E-state index in [1.165, 1.54) is 0 Å². The van der Waals surface area contributed by atoms with Crippen molar-refractivity contribution in [2.24, 2.45) is 5.73 Å². The monoisotopic (exact) mass is 115 g/mol. The van der Waals surface area contributed by atoms with E-state index in [0.717, 1.165) is 32.5 Å². The van der Waals surface area contributed by atoms with E-state index < -0.39 is 0 Å². The van der Waals surface area contributed by atoms with Gasteiger partial charge in [-0.1, -0.05) is 13.3 Å². The summed E-state index contributed by atoms with van der Waals surface area (Å²) >= 11 is 0. The topological polar surface area (TPSA) is 38.0 Å². The van der Waals surface area contributed by atoms with Crippen LogP contribution in [0, 0.1) is 6.92 Å². The zero-order chi connectivity index (χ0) is 6.24. The van der Waals surface area contributed by atoms with E-state index in [9.17, 15) is 0 Å². The van der Waals surface area contributed by atoms with Gasteiger partial charge in [0.15, 0.2) is 0 Å². The lowest BCUT2D eigenvalue weighted by atomic mass is 10.3. The first-order chi connectivity index (χ1) is 3.91. The van der Waals surface area contributed by atoms with Crippen LogP contribution in [-0.4, -0.2) is 19.6 Å². The predicted molar refractivity (Wildman–Crippen MR) is 36.5 cm³/mol. The first kappa shape index (κ1) is 7.92. The van der Waals surface area contributed by atoms with Gasteiger partial charge in [0.2, 0.25) is 0 Å². The molecule has 0 bridgehead atoms. The van der Waals surface area contributed by atoms with E-state index in [1.54, 1.807) is 0 Å². The molecule has 49 valence electrons. The van der Waals surface area contributed by atoms with Crippen LogP contribution in [-0.2, 0) is 0 Å². The Balaban J connectivity index is 2.53. The van der Waals surface area contributed by atoms with E-state index >= 15 is 0 Å². The second-order valence-corrected chi connectivity index (χ2v) is 1.75. The van der Waals surface area contributed by atoms with Gasteiger partial charge in [0.25, 0.3) is 0 Å². The Morgan fingerprint density at radius 2 is 2.12 bits per heavy atom. The highest BCUT2D eigenvalue weighted by atomic mass is 14.9. The molecule has 0 aliphatic rings. The molecule has 0 rings (SSSR count). The van der Waals surface area contributed by atoms with Gasteiger partial charge in [0.1, 0.15) is 0 Å². The maximum absolute atomic E-state index is 5.23. The molecule has 0 aromatic rings. The minimum Gasteiger partial charge on any atom is -0.329 e. The van der Waals surface area contributed by atoms with Crippen molar-refractivity contribution >= 4 is 0 Å². The van der Waals surface area contributed by atoms with Crippen LogP contribution in [0.4, 0.5) is 0 Å². The number of nitrogens with two attached hydrogens (primary N) is 1. The molecule has 0 heterocycles. The van der Waals surface area contributed by atoms with Crippen molar-refractivity contribution in [1.82, 2.24) is 5.32 Å². The maximum atomic E-state index is 5.23. The fourth-order valence-electron chi connectivity index (χ4n) is 0.477. The molecule has 0 saturated heterocycles. The first-order valence-corrected chi connectivity index (χ1v) is 3.12. The van der Waals surface area contributed by atoms with Crippen LogP contribution in [0.15, 0.2) is 0 Å². The molecule has 1 radical (unpaired) electrons. The maximum Gasteiger partial charge on any atom is 0.00745 e. The molecule has 0 aliphatic heterocycles. The Kier molecular flexibility index (Phi) is 6.85. The van der Waals surface area contributed by atoms with Crippen molar-refractivity contribution in [3.63, 3.8) is 0 Å². The Labute approximate surface area is 51.5 Å². The number of unbranched alkanes of at least 4 members (excludes halogenated alkanes) is 1. The van der Waals surface area contributed by atoms with Gasteiger partial charge in [-0.25, -0.2) is 0 Å². The second-order valence-electron chi connectivity index (χ2n) is 1.75. The van der Waals surface area contributed by atoms with Crippen LogP contribution in [0.1, 0.15) is 12.8 Å². The molecule has 0 aliphatic carbocycles. The first-order valence-electron chi connectivity index (χ1n) is 3.12. The zero-order valence-corrected chi connectivity index (χ0v) is 5.32. The van der Waals surface area contributed by atoms with Gasteiger partial charge >= 0.3 is 0 Å². The molecule has 3 N–H and O–H groups in total. The summed E-state index contributed by atoms with van der Waals surface area (Å²) in [4.78, 5) is 0. The molecule has 0 unspecified atom stereocenters. The van der Waals surface area contributed by atoms with Crippen molar-refractivity contribution in [3.8, 4) is 0 Å². The lowest BCUT2D eigenvalue weighted by molar-refractivity contribution is 0.658. The quantitative estimate of drug-likeness (QED) is 0.500. The number of hydrogen-bond acceptors (Lipinski definition) is 2. The Hall–Kier alpha value is -0.0800. The fraction of sp³-hybridized carbons (Fsp3) is 0.833. The van der Waals surface area contributed by atoms with Gasteiger partial charge < -0.3 is 11.1 Å². The van der Waals surface area contributed by atoms with Crippen LogP contribution in [0.5, 0.6) is 0 Å². The van der Waals surface area contributed by atoms with Gasteiger partial charge in [-0.3, -0.25) is 0 Å². The van der Waals surface area contributed by atoms with Crippen molar-refractivity contribution in [1.29, 1.82) is 0 Å². The lowest BCUT2D eigenvalue weighted by Crippen LogP contribution is -2.23. The zero-order valence-electron chi connectivity index (χ0n) is 5.32. The largest absolute Gasteiger partial charge is 0.329 e. The molecule has 0 spiro atoms. The van der Waals surface area contributed by atoms with Gasteiger partial charge in [-0.15, -0.1) is 0 Å². The Morgan fingerprint density at radius 3 is 2.62 bits per heavy atom. The molecule has 2 nitrogen and oxygen atoms in total. The minimum absolute atomic E-state index is 0.733. The molecule has 0 amide bonds. The van der Waals surface area contributed by atoms with Crippen molar-refractivity contribution in [2.75, 3.05) is 19.6 Å². The van der Waals surface area contributed by atoms with Gasteiger partial charge in [-0.2, -0.15) is 0 Å². The van der Waals surface area contributed by atoms with Gasteiger partial charge in [-0.05, 0) is 13.0 Å². The summed E-state index contributed by atoms with van der Waals surface area (Å²) in [6.45, 7) is 6.43. The average Bonchev–Trinajstić information content (AvgIpc) is 1.81. The SMILES string of the molecule is [CH2]CCCNCCN. The number of hydrogen-bond donors (Lipinski definition) is 2. The van der Waals surface area contributed by atoms with Crippen molar-refractivity contribution in [3.05, 3.63) is 6.92 Å². The molecule has 0 saturated carbocycles. The molecule has 8 heavy (non-hydrogen) atoms. The van der Waals surface area contributed by atoms with Crippen LogP contribution < -0.4 is 11.1 Å². The van der Waals surface area contributed by atoms with E-state index in [2.05, 4.69) is 12.2 Å². The highest BCUT2D eigenvalue weighted by Crippen LogP contribution is 1.79. The molecule has 0 fully saturated rings. The van der Waals surface area contributed by atoms with E-state index in [0.29, 0.717) is 0 Å². The normalized spacial score (nSPS) is 9.75. The number of rotatable bonds is 5. The van der Waals surface area contributed by atoms with E-state index in [-0.39, 0.29) is 0 Å². The summed E-state index contributed by atoms with van der Waals surface area (Å²) in [5, 5.41) is 3.17. The fourth-order valence-corrected chi connectivity index (χ4v) is 0.477. The van der Waals surface area contributed by atoms with Crippen LogP contribution in [0.2, 0.25) is 0 Å². The molecule has 0 aromatic carbocycles. The highest BCUT2D eigenvalue weighted by Gasteiger charge is 1.80. The smallest absolute Gasteiger partial charge is 0.00745 e. The summed E-state index contributed by atoms with van der Waals surface area (Å²) in [5.41, 5.74) is 5.23. The average molecular weight is 115 g/mol. The molecular formula is C6H15N2. The summed E-state index contributed by atoms with van der Waals surface area (Å²) in [7, 11) is 0. The Bertz CT molecular complexity index is 31.5.